The van der Waals surface area contributed by atoms with Crippen LogP contribution in [0.15, 0.2) is 12.4 Å². The van der Waals surface area contributed by atoms with Crippen LogP contribution in [0.3, 0.4) is 0 Å². The lowest BCUT2D eigenvalue weighted by molar-refractivity contribution is 0.0882. The van der Waals surface area contributed by atoms with Gasteiger partial charge in [0.25, 0.3) is 5.91 Å². The van der Waals surface area contributed by atoms with Gasteiger partial charge in [-0.2, -0.15) is 0 Å². The standard InChI is InChI=1S/C13H21N5O2/c14-12-11(15-4-5-16-12)13(20)17-10(9-19)8-18-6-2-1-3-7-18/h4-5,10,19H,1-3,6-9H2,(H2,14,16)(H,17,20). The Labute approximate surface area is 118 Å². The second kappa shape index (κ2) is 7.16. The van der Waals surface area contributed by atoms with E-state index in [2.05, 4.69) is 20.2 Å². The molecule has 1 aliphatic heterocycles. The number of amides is 1. The number of hydrogen-bond acceptors (Lipinski definition) is 6. The molecule has 0 spiro atoms. The van der Waals surface area contributed by atoms with E-state index in [0.29, 0.717) is 6.54 Å². The summed E-state index contributed by atoms with van der Waals surface area (Å²) in [5.74, 6) is -0.300. The van der Waals surface area contributed by atoms with E-state index in [-0.39, 0.29) is 24.2 Å². The lowest BCUT2D eigenvalue weighted by atomic mass is 10.1. The first-order valence-corrected chi connectivity index (χ1v) is 6.91. The maximum absolute atomic E-state index is 12.1. The molecule has 1 unspecified atom stereocenters. The van der Waals surface area contributed by atoms with Gasteiger partial charge in [-0.15, -0.1) is 0 Å². The number of piperidine rings is 1. The summed E-state index contributed by atoms with van der Waals surface area (Å²) >= 11 is 0. The molecular weight excluding hydrogens is 258 g/mol. The van der Waals surface area contributed by atoms with Crippen LogP contribution in [0.5, 0.6) is 0 Å². The number of aliphatic hydroxyl groups is 1. The summed E-state index contributed by atoms with van der Waals surface area (Å²) in [6.45, 7) is 2.56. The zero-order chi connectivity index (χ0) is 14.4. The van der Waals surface area contributed by atoms with Crippen molar-refractivity contribution in [1.29, 1.82) is 0 Å². The number of aromatic nitrogens is 2. The second-order valence-electron chi connectivity index (χ2n) is 5.00. The van der Waals surface area contributed by atoms with Gasteiger partial charge >= 0.3 is 0 Å². The van der Waals surface area contributed by atoms with Gasteiger partial charge in [-0.05, 0) is 25.9 Å². The normalized spacial score (nSPS) is 17.6. The lowest BCUT2D eigenvalue weighted by Crippen LogP contribution is -2.47. The molecule has 1 aliphatic rings. The summed E-state index contributed by atoms with van der Waals surface area (Å²) in [4.78, 5) is 22.1. The highest BCUT2D eigenvalue weighted by atomic mass is 16.3. The maximum Gasteiger partial charge on any atom is 0.274 e. The summed E-state index contributed by atoms with van der Waals surface area (Å²) in [5.41, 5.74) is 5.72. The van der Waals surface area contributed by atoms with E-state index in [4.69, 9.17) is 5.73 Å². The summed E-state index contributed by atoms with van der Waals surface area (Å²) in [7, 11) is 0. The van der Waals surface area contributed by atoms with Crippen LogP contribution in [-0.4, -0.2) is 58.2 Å². The van der Waals surface area contributed by atoms with Crippen molar-refractivity contribution in [2.45, 2.75) is 25.3 Å². The fourth-order valence-corrected chi connectivity index (χ4v) is 2.38. The van der Waals surface area contributed by atoms with Crippen molar-refractivity contribution in [3.63, 3.8) is 0 Å². The van der Waals surface area contributed by atoms with Crippen LogP contribution < -0.4 is 11.1 Å². The Balaban J connectivity index is 1.92. The zero-order valence-corrected chi connectivity index (χ0v) is 11.5. The average molecular weight is 279 g/mol. The van der Waals surface area contributed by atoms with Gasteiger partial charge in [0, 0.05) is 18.9 Å². The minimum Gasteiger partial charge on any atom is -0.394 e. The number of nitrogens with two attached hydrogens (primary N) is 1. The van der Waals surface area contributed by atoms with Gasteiger partial charge in [0.15, 0.2) is 11.5 Å². The Kier molecular flexibility index (Phi) is 5.25. The largest absolute Gasteiger partial charge is 0.394 e. The van der Waals surface area contributed by atoms with Crippen LogP contribution in [0.4, 0.5) is 5.82 Å². The Bertz CT molecular complexity index is 448. The van der Waals surface area contributed by atoms with Crippen molar-refractivity contribution in [3.8, 4) is 0 Å². The summed E-state index contributed by atoms with van der Waals surface area (Å²) in [6.07, 6.45) is 6.45. The van der Waals surface area contributed by atoms with Crippen LogP contribution in [-0.2, 0) is 0 Å². The van der Waals surface area contributed by atoms with E-state index in [1.165, 1.54) is 31.7 Å². The molecule has 1 saturated heterocycles. The maximum atomic E-state index is 12.1. The molecule has 0 bridgehead atoms. The van der Waals surface area contributed by atoms with Crippen molar-refractivity contribution >= 4 is 11.7 Å². The quantitative estimate of drug-likeness (QED) is 0.679. The number of anilines is 1. The van der Waals surface area contributed by atoms with Crippen LogP contribution in [0, 0.1) is 0 Å². The number of likely N-dealkylation sites (tertiary alicyclic amines) is 1. The Morgan fingerprint density at radius 2 is 2.05 bits per heavy atom. The Hall–Kier alpha value is -1.73. The lowest BCUT2D eigenvalue weighted by Gasteiger charge is -2.30. The monoisotopic (exact) mass is 279 g/mol. The van der Waals surface area contributed by atoms with E-state index in [9.17, 15) is 9.90 Å². The summed E-state index contributed by atoms with van der Waals surface area (Å²) < 4.78 is 0. The first kappa shape index (κ1) is 14.7. The number of carbonyl (C=O) groups is 1. The molecule has 7 nitrogen and oxygen atoms in total. The fraction of sp³-hybridized carbons (Fsp3) is 0.615. The number of carbonyl (C=O) groups excluding carboxylic acids is 1. The molecular formula is C13H21N5O2. The molecule has 2 heterocycles. The molecule has 0 aromatic carbocycles. The number of nitrogens with one attached hydrogen (secondary N) is 1. The molecule has 0 saturated carbocycles. The van der Waals surface area contributed by atoms with Gasteiger partial charge < -0.3 is 21.1 Å². The number of rotatable bonds is 5. The topological polar surface area (TPSA) is 104 Å². The van der Waals surface area contributed by atoms with E-state index >= 15 is 0 Å². The van der Waals surface area contributed by atoms with E-state index in [1.807, 2.05) is 0 Å². The van der Waals surface area contributed by atoms with Crippen LogP contribution in [0.25, 0.3) is 0 Å². The summed E-state index contributed by atoms with van der Waals surface area (Å²) in [6, 6.07) is -0.318. The van der Waals surface area contributed by atoms with E-state index < -0.39 is 5.91 Å². The minimum absolute atomic E-state index is 0.0969. The molecule has 0 aliphatic carbocycles. The third-order valence-corrected chi connectivity index (χ3v) is 3.42. The average Bonchev–Trinajstić information content (AvgIpc) is 2.48. The van der Waals surface area contributed by atoms with Gasteiger partial charge in [-0.1, -0.05) is 6.42 Å². The molecule has 2 rings (SSSR count). The van der Waals surface area contributed by atoms with Gasteiger partial charge in [0.05, 0.1) is 12.6 Å². The van der Waals surface area contributed by atoms with Crippen molar-refractivity contribution < 1.29 is 9.90 Å². The molecule has 1 aromatic rings. The smallest absolute Gasteiger partial charge is 0.274 e. The summed E-state index contributed by atoms with van der Waals surface area (Å²) in [5, 5.41) is 12.2. The molecule has 1 amide bonds. The second-order valence-corrected chi connectivity index (χ2v) is 5.00. The van der Waals surface area contributed by atoms with E-state index in [0.717, 1.165) is 13.1 Å². The predicted octanol–water partition coefficient (Wildman–Crippen LogP) is -0.365. The van der Waals surface area contributed by atoms with Crippen molar-refractivity contribution in [1.82, 2.24) is 20.2 Å². The zero-order valence-electron chi connectivity index (χ0n) is 11.5. The van der Waals surface area contributed by atoms with Crippen LogP contribution in [0.2, 0.25) is 0 Å². The van der Waals surface area contributed by atoms with Crippen LogP contribution in [0.1, 0.15) is 29.8 Å². The van der Waals surface area contributed by atoms with Gasteiger partial charge in [0.2, 0.25) is 0 Å². The third-order valence-electron chi connectivity index (χ3n) is 3.42. The van der Waals surface area contributed by atoms with Gasteiger partial charge in [0.1, 0.15) is 0 Å². The molecule has 20 heavy (non-hydrogen) atoms. The van der Waals surface area contributed by atoms with Gasteiger partial charge in [-0.3, -0.25) is 4.79 Å². The Morgan fingerprint density at radius 3 is 2.70 bits per heavy atom. The minimum atomic E-state index is -0.397. The highest BCUT2D eigenvalue weighted by Gasteiger charge is 2.20. The number of aliphatic hydroxyl groups excluding tert-OH is 1. The first-order valence-electron chi connectivity index (χ1n) is 6.91. The molecule has 1 aromatic heterocycles. The number of hydrogen-bond donors (Lipinski definition) is 3. The van der Waals surface area contributed by atoms with Gasteiger partial charge in [-0.25, -0.2) is 9.97 Å². The Morgan fingerprint density at radius 1 is 1.35 bits per heavy atom. The molecule has 0 radical (unpaired) electrons. The number of nitrogen functional groups attached to an aromatic ring is 1. The number of nitrogens with zero attached hydrogens (tertiary/aromatic N) is 3. The third kappa shape index (κ3) is 3.88. The van der Waals surface area contributed by atoms with E-state index in [1.54, 1.807) is 0 Å². The molecule has 1 atom stereocenters. The van der Waals surface area contributed by atoms with Crippen molar-refractivity contribution in [2.24, 2.45) is 0 Å². The van der Waals surface area contributed by atoms with Crippen molar-refractivity contribution in [3.05, 3.63) is 18.1 Å². The molecule has 4 N–H and O–H groups in total. The highest BCUT2D eigenvalue weighted by Crippen LogP contribution is 2.09. The van der Waals surface area contributed by atoms with Crippen molar-refractivity contribution in [2.75, 3.05) is 32.0 Å². The fourth-order valence-electron chi connectivity index (χ4n) is 2.38. The first-order chi connectivity index (χ1) is 9.70. The predicted molar refractivity (Wildman–Crippen MR) is 75.1 cm³/mol. The SMILES string of the molecule is Nc1nccnc1C(=O)NC(CO)CN1CCCCC1. The molecule has 110 valence electrons. The van der Waals surface area contributed by atoms with Crippen LogP contribution >= 0.6 is 0 Å². The molecule has 1 fully saturated rings. The molecule has 7 heteroatoms. The highest BCUT2D eigenvalue weighted by molar-refractivity contribution is 5.96.